The molecule has 0 saturated carbocycles. The van der Waals surface area contributed by atoms with Crippen molar-refractivity contribution in [2.45, 2.75) is 19.8 Å². The Morgan fingerprint density at radius 3 is 2.80 bits per heavy atom. The van der Waals surface area contributed by atoms with Gasteiger partial charge >= 0.3 is 0 Å². The summed E-state index contributed by atoms with van der Waals surface area (Å²) in [5, 5.41) is 5.41. The van der Waals surface area contributed by atoms with Crippen molar-refractivity contribution in [2.24, 2.45) is 0 Å². The number of nitrogens with one attached hydrogen (secondary N) is 4. The van der Waals surface area contributed by atoms with Gasteiger partial charge in [-0.3, -0.25) is 20.2 Å². The summed E-state index contributed by atoms with van der Waals surface area (Å²) in [4.78, 5) is 43.9. The summed E-state index contributed by atoms with van der Waals surface area (Å²) < 4.78 is 1.92. The number of fused-ring (bicyclic) bond motifs is 2. The van der Waals surface area contributed by atoms with E-state index in [1.165, 1.54) is 0 Å². The number of H-pyrrole nitrogens is 2. The van der Waals surface area contributed by atoms with Crippen LogP contribution < -0.4 is 10.6 Å². The van der Waals surface area contributed by atoms with E-state index in [0.717, 1.165) is 24.4 Å². The maximum absolute atomic E-state index is 12.7. The van der Waals surface area contributed by atoms with Crippen LogP contribution in [0.2, 0.25) is 0 Å². The van der Waals surface area contributed by atoms with E-state index in [1.807, 2.05) is 11.5 Å². The van der Waals surface area contributed by atoms with Crippen molar-refractivity contribution in [3.05, 3.63) is 59.9 Å². The lowest BCUT2D eigenvalue weighted by molar-refractivity contribution is 0.101. The number of allylic oxidation sites excluding steroid dienone is 2. The van der Waals surface area contributed by atoms with Crippen LogP contribution >= 0.6 is 0 Å². The number of nitrogens with zero attached hydrogens (tertiary/aromatic N) is 4. The summed E-state index contributed by atoms with van der Waals surface area (Å²) >= 11 is 0. The summed E-state index contributed by atoms with van der Waals surface area (Å²) in [5.74, 6) is 0.719. The van der Waals surface area contributed by atoms with Crippen molar-refractivity contribution < 1.29 is 9.59 Å². The molecule has 4 N–H and O–H groups in total. The molecule has 0 fully saturated rings. The average molecular weight is 402 g/mol. The highest BCUT2D eigenvalue weighted by Gasteiger charge is 2.19. The van der Waals surface area contributed by atoms with Crippen molar-refractivity contribution >= 4 is 40.4 Å². The summed E-state index contributed by atoms with van der Waals surface area (Å²) in [5.41, 5.74) is 2.80. The monoisotopic (exact) mass is 402 g/mol. The van der Waals surface area contributed by atoms with Crippen LogP contribution in [0.3, 0.4) is 0 Å². The second kappa shape index (κ2) is 6.99. The highest BCUT2D eigenvalue weighted by molar-refractivity contribution is 6.11. The molecule has 10 nitrogen and oxygen atoms in total. The van der Waals surface area contributed by atoms with Gasteiger partial charge in [0, 0.05) is 30.7 Å². The van der Waals surface area contributed by atoms with E-state index in [4.69, 9.17) is 0 Å². The first-order chi connectivity index (χ1) is 14.6. The number of imidazole rings is 3. The number of benzene rings is 1. The molecule has 2 amide bonds. The van der Waals surface area contributed by atoms with E-state index in [2.05, 4.69) is 41.6 Å². The summed E-state index contributed by atoms with van der Waals surface area (Å²) in [7, 11) is 0. The number of para-hydroxylation sites is 1. The van der Waals surface area contributed by atoms with Gasteiger partial charge < -0.3 is 14.5 Å². The lowest BCUT2D eigenvalue weighted by Gasteiger charge is -2.11. The zero-order valence-corrected chi connectivity index (χ0v) is 16.1. The Morgan fingerprint density at radius 2 is 2.00 bits per heavy atom. The van der Waals surface area contributed by atoms with Gasteiger partial charge in [0.05, 0.1) is 11.1 Å². The van der Waals surface area contributed by atoms with Crippen LogP contribution in [-0.2, 0) is 6.42 Å². The summed E-state index contributed by atoms with van der Waals surface area (Å²) in [6.07, 6.45) is 8.71. The zero-order chi connectivity index (χ0) is 20.7. The minimum Gasteiger partial charge on any atom is -0.331 e. The van der Waals surface area contributed by atoms with E-state index < -0.39 is 0 Å². The molecule has 0 saturated heterocycles. The molecular weight excluding hydrogens is 384 g/mol. The molecule has 1 aromatic carbocycles. The number of aromatic amines is 2. The maximum atomic E-state index is 12.7. The van der Waals surface area contributed by atoms with Gasteiger partial charge in [-0.25, -0.2) is 15.0 Å². The van der Waals surface area contributed by atoms with Crippen LogP contribution in [0.15, 0.2) is 42.9 Å². The minimum atomic E-state index is -0.370. The van der Waals surface area contributed by atoms with Crippen LogP contribution in [0, 0.1) is 0 Å². The predicted molar refractivity (Wildman–Crippen MR) is 111 cm³/mol. The first-order valence-electron chi connectivity index (χ1n) is 9.45. The third-order valence-corrected chi connectivity index (χ3v) is 4.92. The van der Waals surface area contributed by atoms with Crippen LogP contribution in [0.5, 0.6) is 0 Å². The molecule has 150 valence electrons. The zero-order valence-electron chi connectivity index (χ0n) is 16.1. The molecule has 1 aliphatic rings. The largest absolute Gasteiger partial charge is 0.331 e. The van der Waals surface area contributed by atoms with Gasteiger partial charge in [0.15, 0.2) is 0 Å². The number of aromatic nitrogens is 6. The van der Waals surface area contributed by atoms with Gasteiger partial charge in [0.1, 0.15) is 17.0 Å². The van der Waals surface area contributed by atoms with Crippen molar-refractivity contribution in [3.63, 3.8) is 0 Å². The molecule has 5 rings (SSSR count). The van der Waals surface area contributed by atoms with Gasteiger partial charge in [-0.1, -0.05) is 12.1 Å². The topological polar surface area (TPSA) is 133 Å². The van der Waals surface area contributed by atoms with E-state index in [1.54, 1.807) is 36.8 Å². The second-order valence-corrected chi connectivity index (χ2v) is 6.93. The molecule has 0 spiro atoms. The van der Waals surface area contributed by atoms with Gasteiger partial charge in [-0.05, 0) is 25.5 Å². The molecule has 4 heterocycles. The standard InChI is InChI=1S/C20H18N8O2/c1-11-4-2-7-15-23-14(10-28(11)15)18(30)27-20-24-13-6-3-5-12(16(13)25-20)17(29)26-19-21-8-9-22-19/h3-6,8-10H,2,7H2,1H3,(H2,21,22,26,29)(H2,24,25,27,30). The number of rotatable bonds is 4. The third kappa shape index (κ3) is 3.13. The van der Waals surface area contributed by atoms with Gasteiger partial charge in [-0.15, -0.1) is 0 Å². The first-order valence-corrected chi connectivity index (χ1v) is 9.45. The van der Waals surface area contributed by atoms with E-state index in [9.17, 15) is 9.59 Å². The Hall–Kier alpha value is -4.21. The molecule has 30 heavy (non-hydrogen) atoms. The van der Waals surface area contributed by atoms with E-state index in [0.29, 0.717) is 28.2 Å². The molecule has 0 aliphatic carbocycles. The fourth-order valence-electron chi connectivity index (χ4n) is 3.47. The summed E-state index contributed by atoms with van der Waals surface area (Å²) in [6.45, 7) is 1.99. The Kier molecular flexibility index (Phi) is 4.16. The van der Waals surface area contributed by atoms with Crippen LogP contribution in [0.4, 0.5) is 11.9 Å². The SMILES string of the molecule is CC1=CCCc2nc(C(=O)Nc3nc4c(C(=O)Nc5ncc[nH]5)cccc4[nH]3)cn21. The molecule has 0 radical (unpaired) electrons. The van der Waals surface area contributed by atoms with Crippen LogP contribution in [-0.4, -0.2) is 41.3 Å². The lowest BCUT2D eigenvalue weighted by Crippen LogP contribution is -2.14. The minimum absolute atomic E-state index is 0.242. The van der Waals surface area contributed by atoms with Crippen molar-refractivity contribution in [1.29, 1.82) is 0 Å². The lowest BCUT2D eigenvalue weighted by atomic mass is 10.2. The Bertz CT molecular complexity index is 1300. The molecular formula is C20H18N8O2. The molecule has 0 bridgehead atoms. The van der Waals surface area contributed by atoms with Crippen LogP contribution in [0.25, 0.3) is 16.7 Å². The number of hydrogen-bond acceptors (Lipinski definition) is 5. The number of carbonyl (C=O) groups excluding carboxylic acids is 2. The molecule has 4 aromatic rings. The molecule has 0 unspecified atom stereocenters. The highest BCUT2D eigenvalue weighted by Crippen LogP contribution is 2.21. The Labute approximate surface area is 170 Å². The fourth-order valence-corrected chi connectivity index (χ4v) is 3.47. The van der Waals surface area contributed by atoms with Crippen molar-refractivity contribution in [2.75, 3.05) is 10.6 Å². The smallest absolute Gasteiger partial charge is 0.278 e. The quantitative estimate of drug-likeness (QED) is 0.416. The van der Waals surface area contributed by atoms with Gasteiger partial charge in [-0.2, -0.15) is 0 Å². The van der Waals surface area contributed by atoms with Crippen molar-refractivity contribution in [3.8, 4) is 0 Å². The molecule has 0 atom stereocenters. The first kappa shape index (κ1) is 17.9. The average Bonchev–Trinajstić information content (AvgIpc) is 3.46. The third-order valence-electron chi connectivity index (χ3n) is 4.92. The van der Waals surface area contributed by atoms with E-state index >= 15 is 0 Å². The molecule has 1 aliphatic heterocycles. The van der Waals surface area contributed by atoms with Gasteiger partial charge in [0.2, 0.25) is 11.9 Å². The number of carbonyl (C=O) groups is 2. The predicted octanol–water partition coefficient (Wildman–Crippen LogP) is 2.79. The van der Waals surface area contributed by atoms with Gasteiger partial charge in [0.25, 0.3) is 11.8 Å². The second-order valence-electron chi connectivity index (χ2n) is 6.93. The fraction of sp³-hybridized carbons (Fsp3) is 0.150. The highest BCUT2D eigenvalue weighted by atomic mass is 16.2. The number of hydrogen-bond donors (Lipinski definition) is 4. The van der Waals surface area contributed by atoms with Crippen molar-refractivity contribution in [1.82, 2.24) is 29.5 Å². The normalized spacial score (nSPS) is 13.0. The number of amides is 2. The number of anilines is 2. The Morgan fingerprint density at radius 1 is 1.13 bits per heavy atom. The maximum Gasteiger partial charge on any atom is 0.278 e. The van der Waals surface area contributed by atoms with Crippen LogP contribution in [0.1, 0.15) is 40.0 Å². The van der Waals surface area contributed by atoms with E-state index in [-0.39, 0.29) is 17.8 Å². The number of aryl methyl sites for hydroxylation is 1. The molecule has 3 aromatic heterocycles. The summed E-state index contributed by atoms with van der Waals surface area (Å²) in [6, 6.07) is 5.18. The molecule has 10 heteroatoms. The Balaban J connectivity index is 1.40.